The molecule has 1 saturated carbocycles. The van der Waals surface area contributed by atoms with E-state index in [0.29, 0.717) is 12.0 Å². The van der Waals surface area contributed by atoms with Crippen LogP contribution in [0.1, 0.15) is 24.3 Å². The van der Waals surface area contributed by atoms with Gasteiger partial charge < -0.3 is 15.0 Å². The molecule has 4 rings (SSSR count). The summed E-state index contributed by atoms with van der Waals surface area (Å²) in [6, 6.07) is 7.42. The number of morpholine rings is 1. The first-order chi connectivity index (χ1) is 12.7. The first-order valence-corrected chi connectivity index (χ1v) is 9.77. The van der Waals surface area contributed by atoms with Crippen molar-refractivity contribution in [1.29, 1.82) is 0 Å². The number of aliphatic imine (C=N–C) groups is 1. The highest BCUT2D eigenvalue weighted by atomic mass is 127. The molecule has 0 amide bonds. The summed E-state index contributed by atoms with van der Waals surface area (Å²) < 4.78 is 19.4. The van der Waals surface area contributed by atoms with E-state index in [4.69, 9.17) is 4.74 Å². The number of nitrogens with zero attached hydrogens (tertiary/aromatic N) is 3. The maximum atomic E-state index is 14.0. The van der Waals surface area contributed by atoms with E-state index in [1.165, 1.54) is 6.42 Å². The number of ether oxygens (including phenoxy) is 1. The molecule has 3 aliphatic rings. The highest BCUT2D eigenvalue weighted by Gasteiger charge is 2.41. The topological polar surface area (TPSA) is 40.1 Å². The van der Waals surface area contributed by atoms with E-state index in [9.17, 15) is 4.39 Å². The normalized spacial score (nSPS) is 28.7. The van der Waals surface area contributed by atoms with Gasteiger partial charge in [0.05, 0.1) is 13.2 Å². The van der Waals surface area contributed by atoms with Crippen molar-refractivity contribution in [3.63, 3.8) is 0 Å². The van der Waals surface area contributed by atoms with Crippen LogP contribution >= 0.6 is 24.0 Å². The van der Waals surface area contributed by atoms with Crippen LogP contribution in [0.15, 0.2) is 29.3 Å². The Labute approximate surface area is 178 Å². The second-order valence-electron chi connectivity index (χ2n) is 7.68. The Hall–Kier alpha value is -0.930. The molecule has 27 heavy (non-hydrogen) atoms. The molecule has 0 aromatic heterocycles. The Bertz CT molecular complexity index is 653. The Morgan fingerprint density at radius 2 is 2.04 bits per heavy atom. The molecule has 5 nitrogen and oxygen atoms in total. The molecule has 7 heteroatoms. The van der Waals surface area contributed by atoms with Crippen molar-refractivity contribution in [2.24, 2.45) is 10.9 Å². The summed E-state index contributed by atoms with van der Waals surface area (Å²) in [5, 5.41) is 3.56. The average Bonchev–Trinajstić information content (AvgIpc) is 3.28. The van der Waals surface area contributed by atoms with Gasteiger partial charge in [0, 0.05) is 51.7 Å². The molecule has 0 radical (unpaired) electrons. The molecule has 1 aromatic rings. The van der Waals surface area contributed by atoms with Crippen LogP contribution in [-0.2, 0) is 4.74 Å². The maximum Gasteiger partial charge on any atom is 0.193 e. The first kappa shape index (κ1) is 20.8. The Morgan fingerprint density at radius 3 is 2.78 bits per heavy atom. The largest absolute Gasteiger partial charge is 0.379 e. The fourth-order valence-electron chi connectivity index (χ4n) is 4.26. The molecule has 0 spiro atoms. The van der Waals surface area contributed by atoms with Crippen molar-refractivity contribution in [3.05, 3.63) is 35.6 Å². The van der Waals surface area contributed by atoms with Gasteiger partial charge in [0.1, 0.15) is 5.82 Å². The van der Waals surface area contributed by atoms with E-state index >= 15 is 0 Å². The van der Waals surface area contributed by atoms with Crippen molar-refractivity contribution in [1.82, 2.24) is 15.1 Å². The van der Waals surface area contributed by atoms with Crippen LogP contribution in [-0.4, -0.2) is 74.8 Å². The van der Waals surface area contributed by atoms with Gasteiger partial charge in [-0.15, -0.1) is 24.0 Å². The molecular weight excluding hydrogens is 458 g/mol. The number of hydrogen-bond acceptors (Lipinski definition) is 3. The minimum absolute atomic E-state index is 0. The fraction of sp³-hybridized carbons (Fsp3) is 0.650. The highest BCUT2D eigenvalue weighted by Crippen LogP contribution is 2.42. The Morgan fingerprint density at radius 1 is 1.26 bits per heavy atom. The summed E-state index contributed by atoms with van der Waals surface area (Å²) in [6.07, 6.45) is 2.18. The van der Waals surface area contributed by atoms with Gasteiger partial charge in [0.25, 0.3) is 0 Å². The molecule has 3 fully saturated rings. The molecule has 150 valence electrons. The lowest BCUT2D eigenvalue weighted by molar-refractivity contribution is 0.0315. The molecule has 1 aliphatic carbocycles. The summed E-state index contributed by atoms with van der Waals surface area (Å²) in [6.45, 7) is 7.07. The summed E-state index contributed by atoms with van der Waals surface area (Å²) in [4.78, 5) is 9.37. The number of rotatable bonds is 4. The number of halogens is 2. The number of guanidine groups is 1. The van der Waals surface area contributed by atoms with E-state index in [1.807, 2.05) is 19.2 Å². The van der Waals surface area contributed by atoms with Crippen LogP contribution in [0, 0.1) is 11.7 Å². The maximum absolute atomic E-state index is 14.0. The molecule has 2 saturated heterocycles. The van der Waals surface area contributed by atoms with Gasteiger partial charge in [-0.2, -0.15) is 0 Å². The Kier molecular flexibility index (Phi) is 7.33. The van der Waals surface area contributed by atoms with Crippen LogP contribution in [0.4, 0.5) is 4.39 Å². The fourth-order valence-corrected chi connectivity index (χ4v) is 4.26. The molecule has 1 aromatic carbocycles. The Balaban J connectivity index is 0.00000210. The molecule has 0 bridgehead atoms. The smallest absolute Gasteiger partial charge is 0.193 e. The molecule has 2 heterocycles. The van der Waals surface area contributed by atoms with Crippen molar-refractivity contribution in [3.8, 4) is 0 Å². The van der Waals surface area contributed by atoms with Crippen LogP contribution in [0.25, 0.3) is 0 Å². The lowest BCUT2D eigenvalue weighted by Gasteiger charge is -2.29. The van der Waals surface area contributed by atoms with Crippen LogP contribution < -0.4 is 5.32 Å². The van der Waals surface area contributed by atoms with Gasteiger partial charge in [0.2, 0.25) is 0 Å². The minimum Gasteiger partial charge on any atom is -0.379 e. The molecule has 3 atom stereocenters. The average molecular weight is 488 g/mol. The number of nitrogens with one attached hydrogen (secondary N) is 1. The second kappa shape index (κ2) is 9.52. The third-order valence-electron chi connectivity index (χ3n) is 5.83. The SMILES string of the molecule is CN=C(NC1CC1c1ccccc1F)N1CCC(CN2CCOCC2)C1.I. The third kappa shape index (κ3) is 5.12. The zero-order chi connectivity index (χ0) is 17.9. The monoisotopic (exact) mass is 488 g/mol. The van der Waals surface area contributed by atoms with Crippen LogP contribution in [0.3, 0.4) is 0 Å². The zero-order valence-electron chi connectivity index (χ0n) is 15.9. The highest BCUT2D eigenvalue weighted by molar-refractivity contribution is 14.0. The molecule has 3 unspecified atom stereocenters. The van der Waals surface area contributed by atoms with E-state index in [0.717, 1.165) is 63.9 Å². The van der Waals surface area contributed by atoms with Gasteiger partial charge in [-0.1, -0.05) is 18.2 Å². The number of hydrogen-bond donors (Lipinski definition) is 1. The van der Waals surface area contributed by atoms with Gasteiger partial charge in [-0.3, -0.25) is 9.89 Å². The van der Waals surface area contributed by atoms with E-state index in [-0.39, 0.29) is 35.7 Å². The van der Waals surface area contributed by atoms with Crippen LogP contribution in [0.2, 0.25) is 0 Å². The first-order valence-electron chi connectivity index (χ1n) is 9.77. The lowest BCUT2D eigenvalue weighted by atomic mass is 10.1. The second-order valence-corrected chi connectivity index (χ2v) is 7.68. The third-order valence-corrected chi connectivity index (χ3v) is 5.83. The summed E-state index contributed by atoms with van der Waals surface area (Å²) in [5.74, 6) is 1.83. The van der Waals surface area contributed by atoms with Crippen molar-refractivity contribution < 1.29 is 9.13 Å². The van der Waals surface area contributed by atoms with E-state index in [2.05, 4.69) is 20.1 Å². The molecule has 1 N–H and O–H groups in total. The van der Waals surface area contributed by atoms with Gasteiger partial charge >= 0.3 is 0 Å². The lowest BCUT2D eigenvalue weighted by Crippen LogP contribution is -2.43. The van der Waals surface area contributed by atoms with Crippen molar-refractivity contribution in [2.75, 3.05) is 53.0 Å². The predicted molar refractivity (Wildman–Crippen MR) is 116 cm³/mol. The van der Waals surface area contributed by atoms with Gasteiger partial charge in [-0.05, 0) is 30.4 Å². The van der Waals surface area contributed by atoms with Crippen molar-refractivity contribution in [2.45, 2.75) is 24.8 Å². The summed E-state index contributed by atoms with van der Waals surface area (Å²) >= 11 is 0. The van der Waals surface area contributed by atoms with Crippen molar-refractivity contribution >= 4 is 29.9 Å². The van der Waals surface area contributed by atoms with E-state index in [1.54, 1.807) is 12.1 Å². The summed E-state index contributed by atoms with van der Waals surface area (Å²) in [5.41, 5.74) is 0.826. The molecular formula is C20H30FIN4O. The van der Waals surface area contributed by atoms with Gasteiger partial charge in [0.15, 0.2) is 5.96 Å². The van der Waals surface area contributed by atoms with E-state index < -0.39 is 0 Å². The standard InChI is InChI=1S/C20H29FN4O.HI/c1-22-20(23-19-12-17(19)16-4-2-3-5-18(16)21)25-7-6-15(14-25)13-24-8-10-26-11-9-24;/h2-5,15,17,19H,6-14H2,1H3,(H,22,23);1H. The number of benzene rings is 1. The predicted octanol–water partition coefficient (Wildman–Crippen LogP) is 2.53. The van der Waals surface area contributed by atoms with Crippen LogP contribution in [0.5, 0.6) is 0 Å². The minimum atomic E-state index is -0.0939. The summed E-state index contributed by atoms with van der Waals surface area (Å²) in [7, 11) is 1.85. The molecule has 2 aliphatic heterocycles. The quantitative estimate of drug-likeness (QED) is 0.402. The van der Waals surface area contributed by atoms with Gasteiger partial charge in [-0.25, -0.2) is 4.39 Å². The number of likely N-dealkylation sites (tertiary alicyclic amines) is 1. The zero-order valence-corrected chi connectivity index (χ0v) is 18.3.